The Morgan fingerprint density at radius 1 is 1.15 bits per heavy atom. The average molecular weight is 271 g/mol. The Kier molecular flexibility index (Phi) is 3.24. The number of hydrogen-bond donors (Lipinski definition) is 1. The van der Waals surface area contributed by atoms with Crippen LogP contribution in [-0.4, -0.2) is 16.0 Å². The van der Waals surface area contributed by atoms with E-state index in [0.29, 0.717) is 24.2 Å². The predicted molar refractivity (Wildman–Crippen MR) is 72.8 cm³/mol. The van der Waals surface area contributed by atoms with Crippen LogP contribution in [0.15, 0.2) is 42.5 Å². The number of rotatable bonds is 3. The van der Waals surface area contributed by atoms with Crippen molar-refractivity contribution in [2.75, 3.05) is 0 Å². The van der Waals surface area contributed by atoms with Crippen LogP contribution in [0.25, 0.3) is 0 Å². The van der Waals surface area contributed by atoms with Crippen molar-refractivity contribution >= 4 is 5.97 Å². The zero-order chi connectivity index (χ0) is 14.1. The Bertz CT molecular complexity index is 669. The van der Waals surface area contributed by atoms with Gasteiger partial charge in [0.2, 0.25) is 0 Å². The molecule has 0 saturated heterocycles. The van der Waals surface area contributed by atoms with Gasteiger partial charge in [-0.05, 0) is 29.3 Å². The Balaban J connectivity index is 1.77. The number of carbonyl (C=O) groups is 1. The van der Waals surface area contributed by atoms with Gasteiger partial charge in [0.1, 0.15) is 5.82 Å². The molecule has 1 heterocycles. The van der Waals surface area contributed by atoms with Crippen LogP contribution in [0.3, 0.4) is 0 Å². The molecule has 0 aliphatic carbocycles. The molecule has 0 radical (unpaired) electrons. The molecule has 3 nitrogen and oxygen atoms in total. The number of fused-ring (bicyclic) bond motifs is 1. The highest BCUT2D eigenvalue weighted by Gasteiger charge is 2.21. The van der Waals surface area contributed by atoms with Crippen molar-refractivity contribution in [2.24, 2.45) is 0 Å². The molecule has 20 heavy (non-hydrogen) atoms. The van der Waals surface area contributed by atoms with Gasteiger partial charge in [-0.3, -0.25) is 4.90 Å². The van der Waals surface area contributed by atoms with E-state index in [4.69, 9.17) is 5.11 Å². The van der Waals surface area contributed by atoms with Gasteiger partial charge < -0.3 is 5.11 Å². The van der Waals surface area contributed by atoms with Gasteiger partial charge in [-0.15, -0.1) is 0 Å². The molecule has 0 spiro atoms. The van der Waals surface area contributed by atoms with E-state index < -0.39 is 5.97 Å². The molecule has 1 N–H and O–H groups in total. The first kappa shape index (κ1) is 12.8. The minimum Gasteiger partial charge on any atom is -0.478 e. The topological polar surface area (TPSA) is 40.5 Å². The Labute approximate surface area is 116 Å². The summed E-state index contributed by atoms with van der Waals surface area (Å²) in [6.07, 6.45) is 0. The van der Waals surface area contributed by atoms with Gasteiger partial charge in [0.25, 0.3) is 0 Å². The highest BCUT2D eigenvalue weighted by Crippen LogP contribution is 2.25. The Morgan fingerprint density at radius 3 is 2.65 bits per heavy atom. The van der Waals surface area contributed by atoms with Crippen LogP contribution in [-0.2, 0) is 19.6 Å². The second-order valence-electron chi connectivity index (χ2n) is 5.03. The fourth-order valence-electron chi connectivity index (χ4n) is 2.58. The van der Waals surface area contributed by atoms with Crippen LogP contribution in [0.2, 0.25) is 0 Å². The van der Waals surface area contributed by atoms with E-state index in [1.54, 1.807) is 24.3 Å². The smallest absolute Gasteiger partial charge is 0.335 e. The predicted octanol–water partition coefficient (Wildman–Crippen LogP) is 3.04. The minimum absolute atomic E-state index is 0.199. The fraction of sp³-hybridized carbons (Fsp3) is 0.188. The first-order valence-corrected chi connectivity index (χ1v) is 6.44. The van der Waals surface area contributed by atoms with Crippen molar-refractivity contribution in [3.63, 3.8) is 0 Å². The molecule has 0 bridgehead atoms. The summed E-state index contributed by atoms with van der Waals surface area (Å²) >= 11 is 0. The number of carboxylic acids is 1. The first-order chi connectivity index (χ1) is 9.63. The third-order valence-electron chi connectivity index (χ3n) is 3.59. The van der Waals surface area contributed by atoms with E-state index in [2.05, 4.69) is 4.90 Å². The van der Waals surface area contributed by atoms with Gasteiger partial charge >= 0.3 is 5.97 Å². The molecule has 1 aliphatic heterocycles. The number of aromatic carboxylic acids is 1. The maximum Gasteiger partial charge on any atom is 0.335 e. The van der Waals surface area contributed by atoms with Gasteiger partial charge in [-0.25, -0.2) is 9.18 Å². The zero-order valence-corrected chi connectivity index (χ0v) is 10.8. The van der Waals surface area contributed by atoms with Crippen LogP contribution < -0.4 is 0 Å². The maximum atomic E-state index is 13.6. The van der Waals surface area contributed by atoms with E-state index in [0.717, 1.165) is 17.7 Å². The van der Waals surface area contributed by atoms with Crippen molar-refractivity contribution in [1.29, 1.82) is 0 Å². The molecule has 0 atom stereocenters. The molecular weight excluding hydrogens is 257 g/mol. The summed E-state index contributed by atoms with van der Waals surface area (Å²) < 4.78 is 13.6. The number of halogens is 1. The summed E-state index contributed by atoms with van der Waals surface area (Å²) in [6, 6.07) is 11.9. The lowest BCUT2D eigenvalue weighted by Gasteiger charge is -2.15. The molecule has 1 aliphatic rings. The molecule has 0 saturated carbocycles. The average Bonchev–Trinajstić information content (AvgIpc) is 2.82. The number of hydrogen-bond acceptors (Lipinski definition) is 2. The van der Waals surface area contributed by atoms with Crippen molar-refractivity contribution in [1.82, 2.24) is 4.90 Å². The molecule has 102 valence electrons. The fourth-order valence-corrected chi connectivity index (χ4v) is 2.58. The summed E-state index contributed by atoms with van der Waals surface area (Å²) in [4.78, 5) is 13.1. The van der Waals surface area contributed by atoms with E-state index >= 15 is 0 Å². The van der Waals surface area contributed by atoms with Crippen LogP contribution in [0.1, 0.15) is 27.0 Å². The summed E-state index contributed by atoms with van der Waals surface area (Å²) in [5.74, 6) is -1.12. The van der Waals surface area contributed by atoms with Crippen molar-refractivity contribution in [2.45, 2.75) is 19.6 Å². The molecule has 0 fully saturated rings. The third kappa shape index (κ3) is 2.42. The van der Waals surface area contributed by atoms with Crippen LogP contribution in [0, 0.1) is 5.82 Å². The standard InChI is InChI=1S/C16H14FNO2/c17-15-4-2-1-3-13(15)9-18-8-12-6-5-11(16(19)20)7-14(12)10-18/h1-7H,8-10H2,(H,19,20). The lowest BCUT2D eigenvalue weighted by molar-refractivity contribution is 0.0696. The van der Waals surface area contributed by atoms with E-state index in [1.807, 2.05) is 12.1 Å². The number of nitrogens with zero attached hydrogens (tertiary/aromatic N) is 1. The highest BCUT2D eigenvalue weighted by molar-refractivity contribution is 5.87. The highest BCUT2D eigenvalue weighted by atomic mass is 19.1. The van der Waals surface area contributed by atoms with Gasteiger partial charge in [0.05, 0.1) is 5.56 Å². The molecule has 0 unspecified atom stereocenters. The van der Waals surface area contributed by atoms with E-state index in [9.17, 15) is 9.18 Å². The Morgan fingerprint density at radius 2 is 1.90 bits per heavy atom. The lowest BCUT2D eigenvalue weighted by Crippen LogP contribution is -2.16. The molecule has 0 aromatic heterocycles. The van der Waals surface area contributed by atoms with Crippen LogP contribution in [0.5, 0.6) is 0 Å². The van der Waals surface area contributed by atoms with Gasteiger partial charge in [0.15, 0.2) is 0 Å². The second kappa shape index (κ2) is 5.06. The SMILES string of the molecule is O=C(O)c1ccc2c(c1)CN(Cc1ccccc1F)C2. The van der Waals surface area contributed by atoms with Crippen LogP contribution >= 0.6 is 0 Å². The zero-order valence-electron chi connectivity index (χ0n) is 10.8. The van der Waals surface area contributed by atoms with Gasteiger partial charge in [-0.1, -0.05) is 24.3 Å². The van der Waals surface area contributed by atoms with Crippen molar-refractivity contribution in [3.8, 4) is 0 Å². The summed E-state index contributed by atoms with van der Waals surface area (Å²) in [5.41, 5.74) is 3.10. The number of benzene rings is 2. The molecule has 2 aromatic carbocycles. The molecular formula is C16H14FNO2. The summed E-state index contributed by atoms with van der Waals surface area (Å²) in [7, 11) is 0. The van der Waals surface area contributed by atoms with Crippen molar-refractivity contribution in [3.05, 3.63) is 70.5 Å². The molecule has 0 amide bonds. The summed E-state index contributed by atoms with van der Waals surface area (Å²) in [5, 5.41) is 8.99. The Hall–Kier alpha value is -2.20. The van der Waals surface area contributed by atoms with Crippen LogP contribution in [0.4, 0.5) is 4.39 Å². The monoisotopic (exact) mass is 271 g/mol. The maximum absolute atomic E-state index is 13.6. The first-order valence-electron chi connectivity index (χ1n) is 6.44. The van der Waals surface area contributed by atoms with E-state index in [1.165, 1.54) is 6.07 Å². The third-order valence-corrected chi connectivity index (χ3v) is 3.59. The molecule has 2 aromatic rings. The van der Waals surface area contributed by atoms with Gasteiger partial charge in [0, 0.05) is 25.2 Å². The number of carboxylic acid groups (broad SMARTS) is 1. The summed E-state index contributed by atoms with van der Waals surface area (Å²) in [6.45, 7) is 1.91. The molecule has 4 heteroatoms. The molecule has 3 rings (SSSR count). The quantitative estimate of drug-likeness (QED) is 0.932. The van der Waals surface area contributed by atoms with E-state index in [-0.39, 0.29) is 5.82 Å². The minimum atomic E-state index is -0.916. The lowest BCUT2D eigenvalue weighted by atomic mass is 10.1. The largest absolute Gasteiger partial charge is 0.478 e. The van der Waals surface area contributed by atoms with Gasteiger partial charge in [-0.2, -0.15) is 0 Å². The normalized spacial score (nSPS) is 14.2. The second-order valence-corrected chi connectivity index (χ2v) is 5.03. The van der Waals surface area contributed by atoms with Crippen molar-refractivity contribution < 1.29 is 14.3 Å².